The minimum Gasteiger partial charge on any atom is -0.396 e. The predicted molar refractivity (Wildman–Crippen MR) is 82.5 cm³/mol. The molecule has 0 aliphatic carbocycles. The van der Waals surface area contributed by atoms with E-state index in [0.717, 1.165) is 31.5 Å². The van der Waals surface area contributed by atoms with Crippen LogP contribution in [0.1, 0.15) is 23.2 Å². The normalized spacial score (nSPS) is 14.4. The van der Waals surface area contributed by atoms with Crippen LogP contribution < -0.4 is 11.5 Å². The summed E-state index contributed by atoms with van der Waals surface area (Å²) in [7, 11) is 0. The highest BCUT2D eigenvalue weighted by Gasteiger charge is 2.26. The fourth-order valence-corrected chi connectivity index (χ4v) is 2.69. The van der Waals surface area contributed by atoms with E-state index in [4.69, 9.17) is 11.5 Å². The minimum absolute atomic E-state index is 0.1000. The second kappa shape index (κ2) is 5.44. The van der Waals surface area contributed by atoms with Gasteiger partial charge >= 0.3 is 0 Å². The second-order valence-electron chi connectivity index (χ2n) is 5.14. The Morgan fingerprint density at radius 3 is 2.48 bits per heavy atom. The third kappa shape index (κ3) is 2.42. The van der Waals surface area contributed by atoms with Crippen LogP contribution >= 0.6 is 0 Å². The number of anilines is 2. The van der Waals surface area contributed by atoms with E-state index in [9.17, 15) is 4.79 Å². The maximum absolute atomic E-state index is 12.8. The van der Waals surface area contributed by atoms with Crippen LogP contribution in [0.15, 0.2) is 30.3 Å². The van der Waals surface area contributed by atoms with Crippen LogP contribution in [0, 0.1) is 6.20 Å². The predicted octanol–water partition coefficient (Wildman–Crippen LogP) is 1.95. The van der Waals surface area contributed by atoms with E-state index >= 15 is 0 Å². The van der Waals surface area contributed by atoms with Gasteiger partial charge < -0.3 is 16.4 Å². The topological polar surface area (TPSA) is 85.2 Å². The van der Waals surface area contributed by atoms with Crippen LogP contribution in [0.4, 0.5) is 11.5 Å². The van der Waals surface area contributed by atoms with E-state index in [1.807, 2.05) is 30.3 Å². The Labute approximate surface area is 123 Å². The van der Waals surface area contributed by atoms with Gasteiger partial charge in [0.15, 0.2) is 0 Å². The molecule has 21 heavy (non-hydrogen) atoms. The molecule has 1 saturated heterocycles. The second-order valence-corrected chi connectivity index (χ2v) is 5.14. The number of hydrogen-bond acceptors (Lipinski definition) is 4. The average Bonchev–Trinajstić information content (AvgIpc) is 3.04. The van der Waals surface area contributed by atoms with Gasteiger partial charge in [-0.05, 0) is 18.4 Å². The third-order valence-electron chi connectivity index (χ3n) is 3.74. The zero-order valence-corrected chi connectivity index (χ0v) is 11.7. The summed E-state index contributed by atoms with van der Waals surface area (Å²) in [4.78, 5) is 18.5. The molecular formula is C16H17N4O. The van der Waals surface area contributed by atoms with E-state index in [-0.39, 0.29) is 11.7 Å². The van der Waals surface area contributed by atoms with Gasteiger partial charge in [-0.25, -0.2) is 4.98 Å². The number of carbonyl (C=O) groups is 1. The van der Waals surface area contributed by atoms with Crippen LogP contribution in [0.5, 0.6) is 0 Å². The first-order valence-corrected chi connectivity index (χ1v) is 7.00. The van der Waals surface area contributed by atoms with Crippen molar-refractivity contribution in [1.82, 2.24) is 9.88 Å². The summed E-state index contributed by atoms with van der Waals surface area (Å²) < 4.78 is 0. The average molecular weight is 281 g/mol. The first-order chi connectivity index (χ1) is 10.2. The molecule has 2 heterocycles. The molecule has 1 aromatic heterocycles. The zero-order chi connectivity index (χ0) is 14.8. The van der Waals surface area contributed by atoms with Gasteiger partial charge in [0.2, 0.25) is 0 Å². The molecule has 0 atom stereocenters. The molecule has 0 bridgehead atoms. The maximum atomic E-state index is 12.8. The Bertz CT molecular complexity index is 663. The SMILES string of the molecule is Nc1[c]nc(N)c(C(=O)N2CCCC2)c1-c1ccccc1. The molecule has 0 spiro atoms. The summed E-state index contributed by atoms with van der Waals surface area (Å²) in [5, 5.41) is 0. The number of benzene rings is 1. The van der Waals surface area contributed by atoms with E-state index in [2.05, 4.69) is 11.2 Å². The smallest absolute Gasteiger partial charge is 0.258 e. The number of aromatic nitrogens is 1. The molecule has 0 saturated carbocycles. The lowest BCUT2D eigenvalue weighted by atomic mass is 9.98. The fourth-order valence-electron chi connectivity index (χ4n) is 2.69. The molecular weight excluding hydrogens is 264 g/mol. The monoisotopic (exact) mass is 281 g/mol. The summed E-state index contributed by atoms with van der Waals surface area (Å²) in [6.45, 7) is 1.51. The van der Waals surface area contributed by atoms with Gasteiger partial charge in [-0.3, -0.25) is 4.79 Å². The molecule has 0 unspecified atom stereocenters. The number of carbonyl (C=O) groups excluding carboxylic acids is 1. The van der Waals surface area contributed by atoms with Crippen molar-refractivity contribution in [2.45, 2.75) is 12.8 Å². The van der Waals surface area contributed by atoms with Crippen molar-refractivity contribution in [2.24, 2.45) is 0 Å². The first-order valence-electron chi connectivity index (χ1n) is 7.00. The van der Waals surface area contributed by atoms with Crippen molar-refractivity contribution < 1.29 is 4.79 Å². The standard InChI is InChI=1S/C16H17N4O/c17-12-10-19-15(18)14(16(21)20-8-4-5-9-20)13(12)11-6-2-1-3-7-11/h1-3,6-7H,4-5,8-9,17H2,(H2,18,19). The van der Waals surface area contributed by atoms with Crippen LogP contribution in [-0.4, -0.2) is 28.9 Å². The highest BCUT2D eigenvalue weighted by Crippen LogP contribution is 2.33. The third-order valence-corrected chi connectivity index (χ3v) is 3.74. The van der Waals surface area contributed by atoms with Gasteiger partial charge in [0, 0.05) is 18.7 Å². The Kier molecular flexibility index (Phi) is 3.48. The highest BCUT2D eigenvalue weighted by molar-refractivity contribution is 6.07. The molecule has 1 aliphatic rings. The highest BCUT2D eigenvalue weighted by atomic mass is 16.2. The molecule has 4 N–H and O–H groups in total. The molecule has 5 nitrogen and oxygen atoms in total. The molecule has 107 valence electrons. The van der Waals surface area contributed by atoms with Crippen molar-refractivity contribution in [3.63, 3.8) is 0 Å². The lowest BCUT2D eigenvalue weighted by Crippen LogP contribution is -2.29. The summed E-state index contributed by atoms with van der Waals surface area (Å²) in [6, 6.07) is 9.51. The van der Waals surface area contributed by atoms with Crippen molar-refractivity contribution in [1.29, 1.82) is 0 Å². The number of nitrogen functional groups attached to an aromatic ring is 2. The van der Waals surface area contributed by atoms with Crippen LogP contribution in [0.3, 0.4) is 0 Å². The Balaban J connectivity index is 2.15. The summed E-state index contributed by atoms with van der Waals surface area (Å²) in [5.41, 5.74) is 14.2. The van der Waals surface area contributed by atoms with Crippen LogP contribution in [-0.2, 0) is 0 Å². The Morgan fingerprint density at radius 2 is 1.81 bits per heavy atom. The summed E-state index contributed by atoms with van der Waals surface area (Å²) in [6.07, 6.45) is 4.73. The van der Waals surface area contributed by atoms with Gasteiger partial charge in [0.25, 0.3) is 5.91 Å². The number of nitrogens with zero attached hydrogens (tertiary/aromatic N) is 2. The first kappa shape index (κ1) is 13.4. The molecule has 5 heteroatoms. The van der Waals surface area contributed by atoms with Crippen molar-refractivity contribution in [3.8, 4) is 11.1 Å². The van der Waals surface area contributed by atoms with Gasteiger partial charge in [-0.15, -0.1) is 0 Å². The van der Waals surface area contributed by atoms with Crippen LogP contribution in [0.2, 0.25) is 0 Å². The number of rotatable bonds is 2. The molecule has 1 aromatic carbocycles. The number of pyridine rings is 1. The fraction of sp³-hybridized carbons (Fsp3) is 0.250. The van der Waals surface area contributed by atoms with Crippen LogP contribution in [0.25, 0.3) is 11.1 Å². The molecule has 1 fully saturated rings. The van der Waals surface area contributed by atoms with E-state index in [1.54, 1.807) is 4.90 Å². The zero-order valence-electron chi connectivity index (χ0n) is 11.7. The number of likely N-dealkylation sites (tertiary alicyclic amines) is 1. The van der Waals surface area contributed by atoms with Gasteiger partial charge in [-0.1, -0.05) is 30.3 Å². The van der Waals surface area contributed by atoms with Crippen molar-refractivity contribution in [2.75, 3.05) is 24.6 Å². The van der Waals surface area contributed by atoms with E-state index in [0.29, 0.717) is 16.8 Å². The Hall–Kier alpha value is -2.56. The lowest BCUT2D eigenvalue weighted by molar-refractivity contribution is 0.0794. The van der Waals surface area contributed by atoms with Crippen molar-refractivity contribution in [3.05, 3.63) is 42.1 Å². The Morgan fingerprint density at radius 1 is 1.14 bits per heavy atom. The number of amides is 1. The molecule has 2 aromatic rings. The lowest BCUT2D eigenvalue weighted by Gasteiger charge is -2.19. The number of nitrogens with two attached hydrogens (primary N) is 2. The summed E-state index contributed by atoms with van der Waals surface area (Å²) >= 11 is 0. The van der Waals surface area contributed by atoms with E-state index < -0.39 is 0 Å². The minimum atomic E-state index is -0.1000. The quantitative estimate of drug-likeness (QED) is 0.881. The van der Waals surface area contributed by atoms with Gasteiger partial charge in [0.05, 0.1) is 11.3 Å². The van der Waals surface area contributed by atoms with Gasteiger partial charge in [0.1, 0.15) is 12.0 Å². The molecule has 3 rings (SSSR count). The van der Waals surface area contributed by atoms with Crippen molar-refractivity contribution >= 4 is 17.4 Å². The molecule has 1 amide bonds. The van der Waals surface area contributed by atoms with Gasteiger partial charge in [-0.2, -0.15) is 0 Å². The maximum Gasteiger partial charge on any atom is 0.258 e. The number of hydrogen-bond donors (Lipinski definition) is 2. The molecule has 1 aliphatic heterocycles. The largest absolute Gasteiger partial charge is 0.396 e. The molecule has 1 radical (unpaired) electrons. The van der Waals surface area contributed by atoms with E-state index in [1.165, 1.54) is 0 Å². The summed E-state index contributed by atoms with van der Waals surface area (Å²) in [5.74, 6) is 0.0806.